The molecule has 0 aliphatic carbocycles. The molecule has 0 fully saturated rings. The van der Waals surface area contributed by atoms with Crippen LogP contribution in [0.2, 0.25) is 0 Å². The van der Waals surface area contributed by atoms with Crippen molar-refractivity contribution < 1.29 is 4.79 Å². The molecule has 1 N–H and O–H groups in total. The Morgan fingerprint density at radius 2 is 2.04 bits per heavy atom. The number of carbonyl (C=O) groups is 1. The fourth-order valence-electron chi connectivity index (χ4n) is 2.82. The molecule has 0 radical (unpaired) electrons. The van der Waals surface area contributed by atoms with Gasteiger partial charge in [-0.05, 0) is 32.4 Å². The molecule has 0 saturated carbocycles. The van der Waals surface area contributed by atoms with Crippen LogP contribution in [0.15, 0.2) is 49.2 Å². The zero-order chi connectivity index (χ0) is 17.6. The Morgan fingerprint density at radius 3 is 2.76 bits per heavy atom. The minimum atomic E-state index is -0.0867. The topological polar surface area (TPSA) is 77.6 Å². The van der Waals surface area contributed by atoms with Crippen LogP contribution in [-0.2, 0) is 11.3 Å². The van der Waals surface area contributed by atoms with E-state index >= 15 is 0 Å². The van der Waals surface area contributed by atoms with Crippen molar-refractivity contribution in [2.75, 3.05) is 0 Å². The van der Waals surface area contributed by atoms with Crippen LogP contribution in [0.4, 0.5) is 0 Å². The Balaban J connectivity index is 1.57. The molecule has 1 atom stereocenters. The highest BCUT2D eigenvalue weighted by atomic mass is 16.1. The Hall–Kier alpha value is -2.96. The van der Waals surface area contributed by atoms with Gasteiger partial charge in [0, 0.05) is 24.2 Å². The molecule has 25 heavy (non-hydrogen) atoms. The molecule has 0 spiro atoms. The Labute approximate surface area is 146 Å². The number of rotatable bonds is 7. The van der Waals surface area contributed by atoms with Crippen molar-refractivity contribution in [1.82, 2.24) is 29.9 Å². The minimum absolute atomic E-state index is 0.0273. The van der Waals surface area contributed by atoms with Gasteiger partial charge in [-0.15, -0.1) is 0 Å². The molecule has 7 nitrogen and oxygen atoms in total. The van der Waals surface area contributed by atoms with E-state index < -0.39 is 0 Å². The lowest BCUT2D eigenvalue weighted by atomic mass is 10.1. The number of hydrogen-bond acceptors (Lipinski definition) is 4. The maximum atomic E-state index is 12.2. The fraction of sp³-hybridized carbons (Fsp3) is 0.333. The highest BCUT2D eigenvalue weighted by Crippen LogP contribution is 2.20. The first-order valence-corrected chi connectivity index (χ1v) is 8.37. The second kappa shape index (κ2) is 7.74. The molecule has 0 aliphatic heterocycles. The number of aryl methyl sites for hydroxylation is 1. The molecule has 0 unspecified atom stereocenters. The molecular weight excluding hydrogens is 316 g/mol. The van der Waals surface area contributed by atoms with Gasteiger partial charge in [0.1, 0.15) is 12.7 Å². The largest absolute Gasteiger partial charge is 0.349 e. The van der Waals surface area contributed by atoms with Crippen LogP contribution in [0.1, 0.15) is 37.1 Å². The number of hydrogen-bond donors (Lipinski definition) is 1. The van der Waals surface area contributed by atoms with E-state index in [0.29, 0.717) is 13.0 Å². The third-order valence-corrected chi connectivity index (χ3v) is 4.15. The number of nitrogens with zero attached hydrogens (tertiary/aromatic N) is 5. The van der Waals surface area contributed by atoms with Crippen molar-refractivity contribution >= 4 is 5.91 Å². The lowest BCUT2D eigenvalue weighted by Gasteiger charge is -2.14. The zero-order valence-corrected chi connectivity index (χ0v) is 14.5. The van der Waals surface area contributed by atoms with Crippen LogP contribution < -0.4 is 5.32 Å². The third-order valence-electron chi connectivity index (χ3n) is 4.15. The van der Waals surface area contributed by atoms with Gasteiger partial charge in [0.05, 0.1) is 17.9 Å². The normalized spacial score (nSPS) is 12.1. The molecule has 0 aliphatic rings. The standard InChI is InChI=1S/C18H22N6O/c1-14(22-18(25)9-6-10-23-13-19-12-21-23)17-11-20-24(15(17)2)16-7-4-3-5-8-16/h3-5,7-8,11-14H,6,9-10H2,1-2H3,(H,22,25)/t14-/m1/s1. The first kappa shape index (κ1) is 16.9. The molecular formula is C18H22N6O. The van der Waals surface area contributed by atoms with E-state index in [1.165, 1.54) is 6.33 Å². The molecule has 1 aromatic carbocycles. The van der Waals surface area contributed by atoms with Crippen LogP contribution in [0.25, 0.3) is 5.69 Å². The van der Waals surface area contributed by atoms with Crippen molar-refractivity contribution in [2.45, 2.75) is 39.3 Å². The van der Waals surface area contributed by atoms with Crippen LogP contribution in [-0.4, -0.2) is 30.5 Å². The third kappa shape index (κ3) is 4.12. The predicted octanol–water partition coefficient (Wildman–Crippen LogP) is 2.43. The summed E-state index contributed by atoms with van der Waals surface area (Å²) in [5, 5.41) is 11.5. The highest BCUT2D eigenvalue weighted by Gasteiger charge is 2.16. The fourth-order valence-corrected chi connectivity index (χ4v) is 2.82. The molecule has 130 valence electrons. The molecule has 0 saturated heterocycles. The van der Waals surface area contributed by atoms with Gasteiger partial charge in [-0.1, -0.05) is 18.2 Å². The van der Waals surface area contributed by atoms with E-state index in [1.54, 1.807) is 11.0 Å². The first-order valence-electron chi connectivity index (χ1n) is 8.37. The molecule has 2 heterocycles. The Morgan fingerprint density at radius 1 is 1.24 bits per heavy atom. The van der Waals surface area contributed by atoms with Crippen molar-refractivity contribution in [3.63, 3.8) is 0 Å². The summed E-state index contributed by atoms with van der Waals surface area (Å²) in [4.78, 5) is 16.0. The Bertz CT molecular complexity index is 809. The van der Waals surface area contributed by atoms with Crippen LogP contribution in [0.5, 0.6) is 0 Å². The van der Waals surface area contributed by atoms with Gasteiger partial charge < -0.3 is 5.32 Å². The Kier molecular flexibility index (Phi) is 5.23. The van der Waals surface area contributed by atoms with Crippen LogP contribution in [0, 0.1) is 6.92 Å². The average molecular weight is 338 g/mol. The molecule has 0 bridgehead atoms. The van der Waals surface area contributed by atoms with Crippen molar-refractivity contribution in [2.24, 2.45) is 0 Å². The molecule has 7 heteroatoms. The van der Waals surface area contributed by atoms with Crippen molar-refractivity contribution in [1.29, 1.82) is 0 Å². The van der Waals surface area contributed by atoms with Gasteiger partial charge in [0.2, 0.25) is 5.91 Å². The van der Waals surface area contributed by atoms with E-state index in [4.69, 9.17) is 0 Å². The van der Waals surface area contributed by atoms with Gasteiger partial charge >= 0.3 is 0 Å². The first-order chi connectivity index (χ1) is 12.1. The second-order valence-corrected chi connectivity index (χ2v) is 5.98. The summed E-state index contributed by atoms with van der Waals surface area (Å²) in [6, 6.07) is 9.88. The SMILES string of the molecule is Cc1c([C@@H](C)NC(=O)CCCn2cncn2)cnn1-c1ccccc1. The number of para-hydroxylation sites is 1. The molecule has 3 aromatic rings. The van der Waals surface area contributed by atoms with Crippen molar-refractivity contribution in [3.8, 4) is 5.69 Å². The van der Waals surface area contributed by atoms with Gasteiger partial charge in [-0.2, -0.15) is 10.2 Å². The summed E-state index contributed by atoms with van der Waals surface area (Å²) < 4.78 is 3.62. The van der Waals surface area contributed by atoms with Crippen LogP contribution >= 0.6 is 0 Å². The summed E-state index contributed by atoms with van der Waals surface area (Å²) >= 11 is 0. The van der Waals surface area contributed by atoms with Gasteiger partial charge in [0.25, 0.3) is 0 Å². The van der Waals surface area contributed by atoms with Gasteiger partial charge in [-0.3, -0.25) is 9.48 Å². The number of carbonyl (C=O) groups excluding carboxylic acids is 1. The second-order valence-electron chi connectivity index (χ2n) is 5.98. The summed E-state index contributed by atoms with van der Waals surface area (Å²) in [6.45, 7) is 4.68. The summed E-state index contributed by atoms with van der Waals surface area (Å²) in [5.74, 6) is 0.0273. The predicted molar refractivity (Wildman–Crippen MR) is 94.1 cm³/mol. The van der Waals surface area contributed by atoms with Gasteiger partial charge in [0.15, 0.2) is 0 Å². The van der Waals surface area contributed by atoms with E-state index in [0.717, 1.165) is 23.4 Å². The van der Waals surface area contributed by atoms with E-state index in [-0.39, 0.29) is 11.9 Å². The smallest absolute Gasteiger partial charge is 0.220 e. The molecule has 3 rings (SSSR count). The maximum Gasteiger partial charge on any atom is 0.220 e. The van der Waals surface area contributed by atoms with E-state index in [9.17, 15) is 4.79 Å². The highest BCUT2D eigenvalue weighted by molar-refractivity contribution is 5.76. The molecule has 1 amide bonds. The number of aromatic nitrogens is 5. The summed E-state index contributed by atoms with van der Waals surface area (Å²) in [7, 11) is 0. The number of benzene rings is 1. The van der Waals surface area contributed by atoms with Crippen molar-refractivity contribution in [3.05, 3.63) is 60.4 Å². The number of amides is 1. The molecule has 2 aromatic heterocycles. The quantitative estimate of drug-likeness (QED) is 0.718. The summed E-state index contributed by atoms with van der Waals surface area (Å²) in [6.07, 6.45) is 6.15. The zero-order valence-electron chi connectivity index (χ0n) is 14.5. The lowest BCUT2D eigenvalue weighted by molar-refractivity contribution is -0.121. The van der Waals surface area contributed by atoms with Gasteiger partial charge in [-0.25, -0.2) is 9.67 Å². The number of nitrogens with one attached hydrogen (secondary N) is 1. The van der Waals surface area contributed by atoms with Crippen LogP contribution in [0.3, 0.4) is 0 Å². The lowest BCUT2D eigenvalue weighted by Crippen LogP contribution is -2.27. The monoisotopic (exact) mass is 338 g/mol. The summed E-state index contributed by atoms with van der Waals surface area (Å²) in [5.41, 5.74) is 3.06. The van der Waals surface area contributed by atoms with E-state index in [2.05, 4.69) is 20.5 Å². The minimum Gasteiger partial charge on any atom is -0.349 e. The van der Waals surface area contributed by atoms with E-state index in [1.807, 2.05) is 55.1 Å². The maximum absolute atomic E-state index is 12.2. The average Bonchev–Trinajstić information content (AvgIpc) is 3.25.